The number of thiophene rings is 1. The zero-order chi connectivity index (χ0) is 14.6. The molecule has 2 aromatic heterocycles. The van der Waals surface area contributed by atoms with Crippen molar-refractivity contribution in [3.8, 4) is 0 Å². The summed E-state index contributed by atoms with van der Waals surface area (Å²) in [5, 5.41) is 6.58. The molecule has 0 aliphatic rings. The fraction of sp³-hybridized carbons (Fsp3) is 0.250. The van der Waals surface area contributed by atoms with Crippen LogP contribution >= 0.6 is 27.3 Å². The van der Waals surface area contributed by atoms with Crippen molar-refractivity contribution < 1.29 is 8.42 Å². The SMILES string of the molecule is CCCNc1ncc(Br)cc1S(=O)(=O)Nc1ccsc1. The van der Waals surface area contributed by atoms with Gasteiger partial charge in [0, 0.05) is 22.6 Å². The van der Waals surface area contributed by atoms with E-state index in [1.165, 1.54) is 11.3 Å². The molecule has 5 nitrogen and oxygen atoms in total. The molecule has 2 heterocycles. The second kappa shape index (κ2) is 6.55. The highest BCUT2D eigenvalue weighted by atomic mass is 79.9. The summed E-state index contributed by atoms with van der Waals surface area (Å²) in [4.78, 5) is 4.27. The molecule has 8 heteroatoms. The number of hydrogen-bond donors (Lipinski definition) is 2. The third kappa shape index (κ3) is 3.71. The highest BCUT2D eigenvalue weighted by Gasteiger charge is 2.20. The summed E-state index contributed by atoms with van der Waals surface area (Å²) in [6.07, 6.45) is 2.46. The quantitative estimate of drug-likeness (QED) is 0.809. The van der Waals surface area contributed by atoms with Gasteiger partial charge in [0.15, 0.2) is 0 Å². The third-order valence-electron chi connectivity index (χ3n) is 2.42. The van der Waals surface area contributed by atoms with Crippen LogP contribution in [0.15, 0.2) is 38.5 Å². The topological polar surface area (TPSA) is 71.1 Å². The van der Waals surface area contributed by atoms with Gasteiger partial charge in [-0.05, 0) is 39.9 Å². The highest BCUT2D eigenvalue weighted by Crippen LogP contribution is 2.25. The molecular formula is C12H14BrN3O2S2. The second-order valence-electron chi connectivity index (χ2n) is 4.04. The van der Waals surface area contributed by atoms with Crippen LogP contribution in [0.3, 0.4) is 0 Å². The number of pyridine rings is 1. The Morgan fingerprint density at radius 3 is 2.90 bits per heavy atom. The summed E-state index contributed by atoms with van der Waals surface area (Å²) >= 11 is 4.68. The lowest BCUT2D eigenvalue weighted by Crippen LogP contribution is -2.16. The van der Waals surface area contributed by atoms with Crippen LogP contribution in [0.1, 0.15) is 13.3 Å². The number of aromatic nitrogens is 1. The van der Waals surface area contributed by atoms with Crippen molar-refractivity contribution in [3.63, 3.8) is 0 Å². The first kappa shape index (κ1) is 15.3. The van der Waals surface area contributed by atoms with Gasteiger partial charge in [0.05, 0.1) is 5.69 Å². The summed E-state index contributed by atoms with van der Waals surface area (Å²) in [6, 6.07) is 3.26. The van der Waals surface area contributed by atoms with Crippen LogP contribution < -0.4 is 10.0 Å². The Morgan fingerprint density at radius 1 is 1.45 bits per heavy atom. The van der Waals surface area contributed by atoms with E-state index in [0.717, 1.165) is 6.42 Å². The van der Waals surface area contributed by atoms with Crippen molar-refractivity contribution in [1.29, 1.82) is 0 Å². The van der Waals surface area contributed by atoms with Gasteiger partial charge in [-0.2, -0.15) is 11.3 Å². The van der Waals surface area contributed by atoms with E-state index in [-0.39, 0.29) is 4.90 Å². The van der Waals surface area contributed by atoms with Gasteiger partial charge in [-0.3, -0.25) is 4.72 Å². The predicted octanol–water partition coefficient (Wildman–Crippen LogP) is 3.53. The number of nitrogens with one attached hydrogen (secondary N) is 2. The Kier molecular flexibility index (Phi) is 5.00. The maximum absolute atomic E-state index is 12.4. The van der Waals surface area contributed by atoms with E-state index in [1.807, 2.05) is 12.3 Å². The Morgan fingerprint density at radius 2 is 2.25 bits per heavy atom. The third-order valence-corrected chi connectivity index (χ3v) is 4.94. The number of rotatable bonds is 6. The number of hydrogen-bond acceptors (Lipinski definition) is 5. The zero-order valence-electron chi connectivity index (χ0n) is 10.8. The number of halogens is 1. The van der Waals surface area contributed by atoms with E-state index in [4.69, 9.17) is 0 Å². The minimum atomic E-state index is -3.67. The van der Waals surface area contributed by atoms with Crippen molar-refractivity contribution >= 4 is 48.8 Å². The summed E-state index contributed by atoms with van der Waals surface area (Å²) in [5.41, 5.74) is 0.552. The van der Waals surface area contributed by atoms with Crippen molar-refractivity contribution in [2.45, 2.75) is 18.2 Å². The minimum Gasteiger partial charge on any atom is -0.369 e. The summed E-state index contributed by atoms with van der Waals surface area (Å²) < 4.78 is 28.0. The van der Waals surface area contributed by atoms with Crippen LogP contribution in [0, 0.1) is 0 Å². The van der Waals surface area contributed by atoms with Crippen LogP contribution in [0.25, 0.3) is 0 Å². The van der Waals surface area contributed by atoms with Crippen LogP contribution in [0.5, 0.6) is 0 Å². The van der Waals surface area contributed by atoms with Gasteiger partial charge in [-0.25, -0.2) is 13.4 Å². The standard InChI is InChI=1S/C12H14BrN3O2S2/c1-2-4-14-12-11(6-9(13)7-15-12)20(17,18)16-10-3-5-19-8-10/h3,5-8,16H,2,4H2,1H3,(H,14,15). The molecule has 0 aliphatic carbocycles. The number of nitrogens with zero attached hydrogens (tertiary/aromatic N) is 1. The van der Waals surface area contributed by atoms with Gasteiger partial charge >= 0.3 is 0 Å². The average Bonchev–Trinajstić information content (AvgIpc) is 2.89. The van der Waals surface area contributed by atoms with Gasteiger partial charge in [-0.1, -0.05) is 6.92 Å². The molecular weight excluding hydrogens is 362 g/mol. The Labute approximate surface area is 130 Å². The lowest BCUT2D eigenvalue weighted by atomic mass is 10.4. The van der Waals surface area contributed by atoms with Crippen molar-refractivity contribution in [2.24, 2.45) is 0 Å². The maximum atomic E-state index is 12.4. The Hall–Kier alpha value is -1.12. The van der Waals surface area contributed by atoms with E-state index in [0.29, 0.717) is 22.5 Å². The average molecular weight is 376 g/mol. The van der Waals surface area contributed by atoms with Crippen LogP contribution in [-0.2, 0) is 10.0 Å². The van der Waals surface area contributed by atoms with E-state index < -0.39 is 10.0 Å². The zero-order valence-corrected chi connectivity index (χ0v) is 14.0. The largest absolute Gasteiger partial charge is 0.369 e. The van der Waals surface area contributed by atoms with Gasteiger partial charge in [0.1, 0.15) is 10.7 Å². The molecule has 0 aromatic carbocycles. The molecule has 0 atom stereocenters. The van der Waals surface area contributed by atoms with Gasteiger partial charge in [0.2, 0.25) is 0 Å². The van der Waals surface area contributed by atoms with Crippen molar-refractivity contribution in [3.05, 3.63) is 33.6 Å². The molecule has 0 spiro atoms. The first-order chi connectivity index (χ1) is 9.53. The summed E-state index contributed by atoms with van der Waals surface area (Å²) in [7, 11) is -3.67. The highest BCUT2D eigenvalue weighted by molar-refractivity contribution is 9.10. The predicted molar refractivity (Wildman–Crippen MR) is 85.8 cm³/mol. The molecule has 20 heavy (non-hydrogen) atoms. The molecule has 2 aromatic rings. The molecule has 0 fully saturated rings. The van der Waals surface area contributed by atoms with Crippen LogP contribution in [0.2, 0.25) is 0 Å². The van der Waals surface area contributed by atoms with E-state index >= 15 is 0 Å². The molecule has 0 saturated carbocycles. The molecule has 108 valence electrons. The lowest BCUT2D eigenvalue weighted by Gasteiger charge is -2.12. The van der Waals surface area contributed by atoms with Gasteiger partial charge < -0.3 is 5.32 Å². The monoisotopic (exact) mass is 375 g/mol. The van der Waals surface area contributed by atoms with Crippen LogP contribution in [0.4, 0.5) is 11.5 Å². The Balaban J connectivity index is 2.36. The van der Waals surface area contributed by atoms with Crippen molar-refractivity contribution in [1.82, 2.24) is 4.98 Å². The van der Waals surface area contributed by atoms with Gasteiger partial charge in [-0.15, -0.1) is 0 Å². The van der Waals surface area contributed by atoms with Gasteiger partial charge in [0.25, 0.3) is 10.0 Å². The smallest absolute Gasteiger partial charge is 0.265 e. The Bertz CT molecular complexity index is 672. The normalized spacial score (nSPS) is 11.3. The lowest BCUT2D eigenvalue weighted by molar-refractivity contribution is 0.601. The number of anilines is 2. The molecule has 2 N–H and O–H groups in total. The first-order valence-electron chi connectivity index (χ1n) is 5.97. The molecule has 0 saturated heterocycles. The van der Waals surface area contributed by atoms with E-state index in [9.17, 15) is 8.42 Å². The van der Waals surface area contributed by atoms with Crippen molar-refractivity contribution in [2.75, 3.05) is 16.6 Å². The minimum absolute atomic E-state index is 0.131. The molecule has 0 unspecified atom stereocenters. The first-order valence-corrected chi connectivity index (χ1v) is 9.19. The molecule has 0 amide bonds. The van der Waals surface area contributed by atoms with E-state index in [2.05, 4.69) is 31.0 Å². The fourth-order valence-corrected chi connectivity index (χ4v) is 3.89. The second-order valence-corrected chi connectivity index (χ2v) is 7.39. The molecule has 2 rings (SSSR count). The maximum Gasteiger partial charge on any atom is 0.265 e. The number of sulfonamides is 1. The van der Waals surface area contributed by atoms with E-state index in [1.54, 1.807) is 23.7 Å². The summed E-state index contributed by atoms with van der Waals surface area (Å²) in [6.45, 7) is 2.67. The fourth-order valence-electron chi connectivity index (χ4n) is 1.53. The van der Waals surface area contributed by atoms with Crippen LogP contribution in [-0.4, -0.2) is 19.9 Å². The molecule has 0 radical (unpaired) electrons. The molecule has 0 aliphatic heterocycles. The molecule has 0 bridgehead atoms. The summed E-state index contributed by atoms with van der Waals surface area (Å²) in [5.74, 6) is 0.359.